The molecule has 6 nitrogen and oxygen atoms in total. The maximum atomic E-state index is 11.2. The van der Waals surface area contributed by atoms with Gasteiger partial charge in [-0.2, -0.15) is 0 Å². The largest absolute Gasteiger partial charge is 0.512 e. The average Bonchev–Trinajstić information content (AvgIpc) is 3.16. The van der Waals surface area contributed by atoms with Crippen molar-refractivity contribution >= 4 is 6.29 Å². The summed E-state index contributed by atoms with van der Waals surface area (Å²) in [6, 6.07) is 10.2. The number of aldehydes is 1. The van der Waals surface area contributed by atoms with E-state index < -0.39 is 23.7 Å². The zero-order valence-electron chi connectivity index (χ0n) is 17.0. The normalized spacial score (nSPS) is 25.0. The van der Waals surface area contributed by atoms with Crippen LogP contribution in [0.3, 0.4) is 0 Å². The first kappa shape index (κ1) is 23.5. The second kappa shape index (κ2) is 10.9. The summed E-state index contributed by atoms with van der Waals surface area (Å²) >= 11 is 0. The topological polar surface area (TPSA) is 118 Å². The van der Waals surface area contributed by atoms with Gasteiger partial charge in [-0.1, -0.05) is 37.3 Å². The fraction of sp³-hybridized carbons (Fsp3) is 0.609. The fourth-order valence-electron chi connectivity index (χ4n) is 4.59. The molecule has 0 saturated heterocycles. The first-order valence-electron chi connectivity index (χ1n) is 10.5. The van der Waals surface area contributed by atoms with E-state index in [2.05, 4.69) is 19.1 Å². The molecule has 0 bridgehead atoms. The number of hydrogen-bond donors (Lipinski definition) is 5. The van der Waals surface area contributed by atoms with Crippen molar-refractivity contribution in [2.75, 3.05) is 6.61 Å². The Bertz CT molecular complexity index is 657. The molecule has 1 fully saturated rings. The predicted molar refractivity (Wildman–Crippen MR) is 110 cm³/mol. The summed E-state index contributed by atoms with van der Waals surface area (Å²) in [4.78, 5) is 11.2. The highest BCUT2D eigenvalue weighted by molar-refractivity contribution is 5.60. The van der Waals surface area contributed by atoms with Crippen LogP contribution >= 0.6 is 0 Å². The standard InChI is InChI=1S/C23H34O6/c1-2-17(18-7-4-3-5-8-18)9-6-10-22(27)20-12-16(11-19(26)14-24)13-21(20)23(28,29)15-25/h3-5,7-8,10,15-17,19-21,24,26-29H,2,6,9,11-14H2,1H3/t16-,17?,19?,20-,21+/m1/s1. The highest BCUT2D eigenvalue weighted by Gasteiger charge is 2.48. The summed E-state index contributed by atoms with van der Waals surface area (Å²) in [5.41, 5.74) is 1.25. The molecule has 1 aromatic rings. The molecule has 0 spiro atoms. The highest BCUT2D eigenvalue weighted by atomic mass is 16.5. The zero-order chi connectivity index (χ0) is 21.4. The Morgan fingerprint density at radius 3 is 2.52 bits per heavy atom. The summed E-state index contributed by atoms with van der Waals surface area (Å²) in [7, 11) is 0. The van der Waals surface area contributed by atoms with Crippen LogP contribution < -0.4 is 0 Å². The lowest BCUT2D eigenvalue weighted by Crippen LogP contribution is -2.41. The Kier molecular flexibility index (Phi) is 8.83. The minimum absolute atomic E-state index is 0.0632. The monoisotopic (exact) mass is 406 g/mol. The van der Waals surface area contributed by atoms with Crippen molar-refractivity contribution in [1.82, 2.24) is 0 Å². The van der Waals surface area contributed by atoms with Gasteiger partial charge >= 0.3 is 0 Å². The van der Waals surface area contributed by atoms with Gasteiger partial charge in [0.1, 0.15) is 0 Å². The number of aliphatic hydroxyl groups is 5. The number of aliphatic hydroxyl groups excluding tert-OH is 3. The van der Waals surface area contributed by atoms with Gasteiger partial charge in [-0.15, -0.1) is 0 Å². The van der Waals surface area contributed by atoms with E-state index in [0.29, 0.717) is 18.8 Å². The molecular formula is C23H34O6. The first-order valence-corrected chi connectivity index (χ1v) is 10.5. The molecule has 1 aliphatic rings. The van der Waals surface area contributed by atoms with Crippen molar-refractivity contribution in [1.29, 1.82) is 0 Å². The lowest BCUT2D eigenvalue weighted by molar-refractivity contribution is -0.195. The molecule has 1 aromatic carbocycles. The van der Waals surface area contributed by atoms with Gasteiger partial charge in [0.2, 0.25) is 5.79 Å². The van der Waals surface area contributed by atoms with Crippen LogP contribution in [-0.4, -0.2) is 50.3 Å². The van der Waals surface area contributed by atoms with Gasteiger partial charge in [-0.25, -0.2) is 0 Å². The zero-order valence-corrected chi connectivity index (χ0v) is 17.0. The Morgan fingerprint density at radius 2 is 1.93 bits per heavy atom. The summed E-state index contributed by atoms with van der Waals surface area (Å²) < 4.78 is 0. The summed E-state index contributed by atoms with van der Waals surface area (Å²) in [5.74, 6) is -3.62. The third-order valence-corrected chi connectivity index (χ3v) is 6.21. The predicted octanol–water partition coefficient (Wildman–Crippen LogP) is 2.67. The molecule has 0 radical (unpaired) electrons. The summed E-state index contributed by atoms with van der Waals surface area (Å²) in [6.07, 6.45) is 4.39. The molecule has 2 rings (SSSR count). The van der Waals surface area contributed by atoms with Gasteiger partial charge in [-0.05, 0) is 62.0 Å². The summed E-state index contributed by atoms with van der Waals surface area (Å²) in [5, 5.41) is 49.6. The Balaban J connectivity index is 2.06. The van der Waals surface area contributed by atoms with E-state index in [9.17, 15) is 25.2 Å². The number of carbonyl (C=O) groups excluding carboxylic acids is 1. The maximum Gasteiger partial charge on any atom is 0.224 e. The van der Waals surface area contributed by atoms with Gasteiger partial charge < -0.3 is 25.5 Å². The Labute approximate surface area is 172 Å². The van der Waals surface area contributed by atoms with Crippen molar-refractivity contribution in [3.05, 3.63) is 47.7 Å². The number of allylic oxidation sites excluding steroid dienone is 2. The van der Waals surface area contributed by atoms with Crippen LogP contribution in [0.1, 0.15) is 56.9 Å². The molecule has 2 unspecified atom stereocenters. The molecular weight excluding hydrogens is 372 g/mol. The van der Waals surface area contributed by atoms with Crippen LogP contribution in [0.15, 0.2) is 42.2 Å². The van der Waals surface area contributed by atoms with Gasteiger partial charge in [0, 0.05) is 11.8 Å². The first-order chi connectivity index (χ1) is 13.8. The lowest BCUT2D eigenvalue weighted by atomic mass is 9.86. The molecule has 5 N–H and O–H groups in total. The third-order valence-electron chi connectivity index (χ3n) is 6.21. The number of benzene rings is 1. The fourth-order valence-corrected chi connectivity index (χ4v) is 4.59. The molecule has 0 amide bonds. The average molecular weight is 407 g/mol. The van der Waals surface area contributed by atoms with Crippen LogP contribution in [0.5, 0.6) is 0 Å². The second-order valence-corrected chi connectivity index (χ2v) is 8.25. The molecule has 29 heavy (non-hydrogen) atoms. The molecule has 162 valence electrons. The van der Waals surface area contributed by atoms with E-state index in [0.717, 1.165) is 12.8 Å². The molecule has 0 aromatic heterocycles. The van der Waals surface area contributed by atoms with Crippen molar-refractivity contribution in [3.8, 4) is 0 Å². The Hall–Kier alpha value is -1.73. The number of carbonyl (C=O) groups is 1. The van der Waals surface area contributed by atoms with E-state index in [1.54, 1.807) is 6.08 Å². The number of rotatable bonds is 11. The van der Waals surface area contributed by atoms with E-state index in [1.165, 1.54) is 5.56 Å². The molecule has 0 heterocycles. The van der Waals surface area contributed by atoms with E-state index >= 15 is 0 Å². The van der Waals surface area contributed by atoms with Crippen molar-refractivity contribution < 1.29 is 30.3 Å². The SMILES string of the molecule is CCC(CCC=C(O)[C@@H]1C[C@@H](CC(O)CO)C[C@@H]1C(O)(O)C=O)c1ccccc1. The van der Waals surface area contributed by atoms with Crippen molar-refractivity contribution in [2.24, 2.45) is 17.8 Å². The minimum atomic E-state index is -2.53. The molecule has 1 aliphatic carbocycles. The highest BCUT2D eigenvalue weighted by Crippen LogP contribution is 2.46. The smallest absolute Gasteiger partial charge is 0.224 e. The number of hydrogen-bond acceptors (Lipinski definition) is 6. The van der Waals surface area contributed by atoms with E-state index in [-0.39, 0.29) is 37.4 Å². The van der Waals surface area contributed by atoms with Gasteiger partial charge in [0.15, 0.2) is 6.29 Å². The van der Waals surface area contributed by atoms with Crippen LogP contribution in [0, 0.1) is 17.8 Å². The lowest BCUT2D eigenvalue weighted by Gasteiger charge is -2.27. The van der Waals surface area contributed by atoms with E-state index in [1.807, 2.05) is 18.2 Å². The quantitative estimate of drug-likeness (QED) is 0.219. The van der Waals surface area contributed by atoms with Crippen LogP contribution in [0.4, 0.5) is 0 Å². The Morgan fingerprint density at radius 1 is 1.24 bits per heavy atom. The third kappa shape index (κ3) is 6.37. The van der Waals surface area contributed by atoms with Crippen molar-refractivity contribution in [2.45, 2.75) is 63.3 Å². The van der Waals surface area contributed by atoms with Crippen LogP contribution in [-0.2, 0) is 4.79 Å². The van der Waals surface area contributed by atoms with Crippen molar-refractivity contribution in [3.63, 3.8) is 0 Å². The van der Waals surface area contributed by atoms with Crippen LogP contribution in [0.2, 0.25) is 0 Å². The van der Waals surface area contributed by atoms with Crippen LogP contribution in [0.25, 0.3) is 0 Å². The molecule has 1 saturated carbocycles. The molecule has 5 atom stereocenters. The van der Waals surface area contributed by atoms with Gasteiger partial charge in [0.05, 0.1) is 18.5 Å². The summed E-state index contributed by atoms with van der Waals surface area (Å²) in [6.45, 7) is 1.75. The second-order valence-electron chi connectivity index (χ2n) is 8.25. The minimum Gasteiger partial charge on any atom is -0.512 e. The molecule has 6 heteroatoms. The van der Waals surface area contributed by atoms with Gasteiger partial charge in [-0.3, -0.25) is 4.79 Å². The van der Waals surface area contributed by atoms with E-state index in [4.69, 9.17) is 5.11 Å². The van der Waals surface area contributed by atoms with Gasteiger partial charge in [0.25, 0.3) is 0 Å². The maximum absolute atomic E-state index is 11.2. The molecule has 0 aliphatic heterocycles.